The second-order valence-corrected chi connectivity index (χ2v) is 8.96. The van der Waals surface area contributed by atoms with Crippen molar-refractivity contribution >= 4 is 15.9 Å². The molecular weight excluding hydrogens is 366 g/mol. The van der Waals surface area contributed by atoms with Crippen LogP contribution in [0.4, 0.5) is 0 Å². The van der Waals surface area contributed by atoms with Crippen LogP contribution in [0.3, 0.4) is 0 Å². The van der Waals surface area contributed by atoms with Crippen molar-refractivity contribution in [3.8, 4) is 5.75 Å². The molecule has 2 heterocycles. The van der Waals surface area contributed by atoms with Gasteiger partial charge in [-0.05, 0) is 57.1 Å². The van der Waals surface area contributed by atoms with Crippen LogP contribution in [-0.2, 0) is 14.8 Å². The fraction of sp³-hybridized carbons (Fsp3) is 0.632. The summed E-state index contributed by atoms with van der Waals surface area (Å²) < 4.78 is 32.5. The molecule has 0 unspecified atom stereocenters. The van der Waals surface area contributed by atoms with Gasteiger partial charge in [-0.25, -0.2) is 8.42 Å². The molecule has 0 atom stereocenters. The Morgan fingerprint density at radius 3 is 2.19 bits per heavy atom. The predicted molar refractivity (Wildman–Crippen MR) is 103 cm³/mol. The zero-order valence-electron chi connectivity index (χ0n) is 16.0. The highest BCUT2D eigenvalue weighted by molar-refractivity contribution is 7.89. The Hall–Kier alpha value is -1.64. The quantitative estimate of drug-likeness (QED) is 0.728. The first-order valence-corrected chi connectivity index (χ1v) is 11.2. The van der Waals surface area contributed by atoms with E-state index in [-0.39, 0.29) is 10.8 Å². The summed E-state index contributed by atoms with van der Waals surface area (Å²) in [5.74, 6) is 0.764. The number of piperidine rings is 1. The molecule has 0 aromatic heterocycles. The van der Waals surface area contributed by atoms with E-state index in [0.29, 0.717) is 45.1 Å². The first kappa shape index (κ1) is 20.1. The van der Waals surface area contributed by atoms with Crippen molar-refractivity contribution < 1.29 is 17.9 Å². The van der Waals surface area contributed by atoms with E-state index in [1.54, 1.807) is 29.2 Å². The van der Waals surface area contributed by atoms with Gasteiger partial charge in [0.05, 0.1) is 18.0 Å². The standard InChI is InChI=1S/C19H29N3O4S/c1-2-26-17-6-8-18(9-7-17)27(24,25)22-14-12-21(13-15-22)19(23)16-20-10-4-3-5-11-20/h6-9H,2-5,10-16H2,1H3. The average Bonchev–Trinajstić information content (AvgIpc) is 2.69. The SMILES string of the molecule is CCOc1ccc(S(=O)(=O)N2CCN(C(=O)CN3CCCCC3)CC2)cc1. The third-order valence-corrected chi connectivity index (χ3v) is 7.08. The maximum Gasteiger partial charge on any atom is 0.243 e. The maximum atomic E-state index is 12.8. The van der Waals surface area contributed by atoms with Crippen molar-refractivity contribution in [1.82, 2.24) is 14.1 Å². The largest absolute Gasteiger partial charge is 0.494 e. The molecule has 0 saturated carbocycles. The van der Waals surface area contributed by atoms with Gasteiger partial charge in [0.2, 0.25) is 15.9 Å². The van der Waals surface area contributed by atoms with Crippen LogP contribution in [0.2, 0.25) is 0 Å². The number of carbonyl (C=O) groups excluding carboxylic acids is 1. The molecule has 1 aromatic rings. The first-order valence-electron chi connectivity index (χ1n) is 9.74. The number of carbonyl (C=O) groups is 1. The number of sulfonamides is 1. The number of rotatable bonds is 6. The lowest BCUT2D eigenvalue weighted by molar-refractivity contribution is -0.133. The molecule has 2 saturated heterocycles. The minimum Gasteiger partial charge on any atom is -0.494 e. The Balaban J connectivity index is 1.55. The molecule has 0 radical (unpaired) electrons. The number of benzene rings is 1. The van der Waals surface area contributed by atoms with Gasteiger partial charge < -0.3 is 9.64 Å². The fourth-order valence-electron chi connectivity index (χ4n) is 3.61. The van der Waals surface area contributed by atoms with Crippen molar-refractivity contribution in [2.45, 2.75) is 31.1 Å². The first-order chi connectivity index (χ1) is 13.0. The van der Waals surface area contributed by atoms with Crippen molar-refractivity contribution in [3.63, 3.8) is 0 Å². The number of nitrogens with zero attached hydrogens (tertiary/aromatic N) is 3. The molecule has 3 rings (SSSR count). The molecule has 0 bridgehead atoms. The molecule has 2 fully saturated rings. The van der Waals surface area contributed by atoms with Crippen LogP contribution in [0.5, 0.6) is 5.75 Å². The Labute approximate surface area is 161 Å². The smallest absolute Gasteiger partial charge is 0.243 e. The zero-order chi connectivity index (χ0) is 19.3. The Morgan fingerprint density at radius 2 is 1.59 bits per heavy atom. The van der Waals surface area contributed by atoms with Gasteiger partial charge >= 0.3 is 0 Å². The molecule has 27 heavy (non-hydrogen) atoms. The second kappa shape index (κ2) is 9.03. The van der Waals surface area contributed by atoms with Crippen LogP contribution < -0.4 is 4.74 Å². The highest BCUT2D eigenvalue weighted by Crippen LogP contribution is 2.21. The Morgan fingerprint density at radius 1 is 0.963 bits per heavy atom. The van der Waals surface area contributed by atoms with E-state index >= 15 is 0 Å². The molecule has 2 aliphatic heterocycles. The minimum atomic E-state index is -3.54. The van der Waals surface area contributed by atoms with Crippen LogP contribution >= 0.6 is 0 Å². The summed E-state index contributed by atoms with van der Waals surface area (Å²) >= 11 is 0. The summed E-state index contributed by atoms with van der Waals surface area (Å²) in [5.41, 5.74) is 0. The van der Waals surface area contributed by atoms with Crippen LogP contribution in [0.25, 0.3) is 0 Å². The minimum absolute atomic E-state index is 0.106. The molecule has 150 valence electrons. The molecule has 7 nitrogen and oxygen atoms in total. The van der Waals surface area contributed by atoms with Gasteiger partial charge in [0.15, 0.2) is 0 Å². The molecule has 0 aliphatic carbocycles. The molecule has 1 amide bonds. The number of hydrogen-bond donors (Lipinski definition) is 0. The third kappa shape index (κ3) is 5.00. The van der Waals surface area contributed by atoms with Gasteiger partial charge in [0.25, 0.3) is 0 Å². The number of amides is 1. The van der Waals surface area contributed by atoms with Gasteiger partial charge in [-0.3, -0.25) is 9.69 Å². The molecule has 2 aliphatic rings. The summed E-state index contributed by atoms with van der Waals surface area (Å²) in [6.07, 6.45) is 3.55. The summed E-state index contributed by atoms with van der Waals surface area (Å²) in [7, 11) is -3.54. The third-order valence-electron chi connectivity index (χ3n) is 5.17. The van der Waals surface area contributed by atoms with Crippen LogP contribution in [-0.4, -0.2) is 80.9 Å². The van der Waals surface area contributed by atoms with Gasteiger partial charge in [0, 0.05) is 26.2 Å². The fourth-order valence-corrected chi connectivity index (χ4v) is 5.03. The van der Waals surface area contributed by atoms with Crippen molar-refractivity contribution in [2.75, 3.05) is 52.4 Å². The van der Waals surface area contributed by atoms with Gasteiger partial charge in [0.1, 0.15) is 5.75 Å². The molecular formula is C19H29N3O4S. The van der Waals surface area contributed by atoms with Gasteiger partial charge in [-0.15, -0.1) is 0 Å². The van der Waals surface area contributed by atoms with E-state index in [9.17, 15) is 13.2 Å². The van der Waals surface area contributed by atoms with Crippen molar-refractivity contribution in [3.05, 3.63) is 24.3 Å². The lowest BCUT2D eigenvalue weighted by Gasteiger charge is -2.35. The number of likely N-dealkylation sites (tertiary alicyclic amines) is 1. The molecule has 0 spiro atoms. The maximum absolute atomic E-state index is 12.8. The van der Waals surface area contributed by atoms with E-state index in [2.05, 4.69) is 4.90 Å². The average molecular weight is 396 g/mol. The van der Waals surface area contributed by atoms with E-state index in [0.717, 1.165) is 25.9 Å². The predicted octanol–water partition coefficient (Wildman–Crippen LogP) is 1.40. The molecule has 0 N–H and O–H groups in total. The van der Waals surface area contributed by atoms with E-state index in [1.165, 1.54) is 10.7 Å². The normalized spacial score (nSPS) is 19.8. The zero-order valence-corrected chi connectivity index (χ0v) is 16.8. The molecule has 1 aromatic carbocycles. The van der Waals surface area contributed by atoms with Gasteiger partial charge in [-0.1, -0.05) is 6.42 Å². The van der Waals surface area contributed by atoms with Crippen LogP contribution in [0, 0.1) is 0 Å². The lowest BCUT2D eigenvalue weighted by Crippen LogP contribution is -2.52. The topological polar surface area (TPSA) is 70.2 Å². The van der Waals surface area contributed by atoms with E-state index < -0.39 is 10.0 Å². The lowest BCUT2D eigenvalue weighted by atomic mass is 10.1. The van der Waals surface area contributed by atoms with E-state index in [1.807, 2.05) is 6.92 Å². The summed E-state index contributed by atoms with van der Waals surface area (Å²) in [6, 6.07) is 6.51. The van der Waals surface area contributed by atoms with Crippen molar-refractivity contribution in [2.24, 2.45) is 0 Å². The van der Waals surface area contributed by atoms with Crippen LogP contribution in [0.1, 0.15) is 26.2 Å². The van der Waals surface area contributed by atoms with Crippen molar-refractivity contribution in [1.29, 1.82) is 0 Å². The van der Waals surface area contributed by atoms with E-state index in [4.69, 9.17) is 4.74 Å². The summed E-state index contributed by atoms with van der Waals surface area (Å²) in [6.45, 7) is 6.41. The monoisotopic (exact) mass is 395 g/mol. The molecule has 8 heteroatoms. The highest BCUT2D eigenvalue weighted by atomic mass is 32.2. The Kier molecular flexibility index (Phi) is 6.73. The summed E-state index contributed by atoms with van der Waals surface area (Å²) in [4.78, 5) is 16.8. The number of ether oxygens (including phenoxy) is 1. The second-order valence-electron chi connectivity index (χ2n) is 7.03. The number of hydrogen-bond acceptors (Lipinski definition) is 5. The Bertz CT molecular complexity index is 722. The highest BCUT2D eigenvalue weighted by Gasteiger charge is 2.30. The van der Waals surface area contributed by atoms with Gasteiger partial charge in [-0.2, -0.15) is 4.31 Å². The van der Waals surface area contributed by atoms with Crippen LogP contribution in [0.15, 0.2) is 29.2 Å². The summed E-state index contributed by atoms with van der Waals surface area (Å²) in [5, 5.41) is 0. The number of piperazine rings is 1.